The summed E-state index contributed by atoms with van der Waals surface area (Å²) in [5.41, 5.74) is 7.00. The molecule has 1 heterocycles. The van der Waals surface area contributed by atoms with Gasteiger partial charge in [-0.2, -0.15) is 4.90 Å². The van der Waals surface area contributed by atoms with E-state index in [9.17, 15) is 9.59 Å². The maximum Gasteiger partial charge on any atom is 0.425 e. The van der Waals surface area contributed by atoms with Gasteiger partial charge in [-0.3, -0.25) is 0 Å². The lowest BCUT2D eigenvalue weighted by Gasteiger charge is -2.29. The van der Waals surface area contributed by atoms with Crippen molar-refractivity contribution in [2.45, 2.75) is 85.0 Å². The molecule has 0 saturated heterocycles. The summed E-state index contributed by atoms with van der Waals surface area (Å²) >= 11 is 0. The lowest BCUT2D eigenvalue weighted by Crippen LogP contribution is -2.44. The van der Waals surface area contributed by atoms with E-state index in [4.69, 9.17) is 15.2 Å². The Labute approximate surface area is 161 Å². The van der Waals surface area contributed by atoms with Gasteiger partial charge in [0.15, 0.2) is 0 Å². The van der Waals surface area contributed by atoms with Gasteiger partial charge in [-0.15, -0.1) is 0 Å². The molecule has 0 unspecified atom stereocenters. The van der Waals surface area contributed by atoms with E-state index < -0.39 is 23.4 Å². The van der Waals surface area contributed by atoms with Crippen molar-refractivity contribution in [1.82, 2.24) is 4.98 Å². The van der Waals surface area contributed by atoms with Gasteiger partial charge in [0.1, 0.15) is 17.0 Å². The van der Waals surface area contributed by atoms with Gasteiger partial charge in [0, 0.05) is 11.2 Å². The molecule has 0 radical (unpaired) electrons. The molecule has 0 atom stereocenters. The van der Waals surface area contributed by atoms with E-state index in [1.807, 2.05) is 13.8 Å². The third-order valence-electron chi connectivity index (χ3n) is 4.05. The number of imide groups is 1. The first-order valence-corrected chi connectivity index (χ1v) is 9.17. The molecule has 150 valence electrons. The Bertz CT molecular complexity index is 704. The second kappa shape index (κ2) is 6.78. The van der Waals surface area contributed by atoms with Gasteiger partial charge in [-0.25, -0.2) is 14.6 Å². The highest BCUT2D eigenvalue weighted by molar-refractivity contribution is 6.08. The number of ether oxygens (including phenoxy) is 2. The van der Waals surface area contributed by atoms with Gasteiger partial charge < -0.3 is 15.2 Å². The van der Waals surface area contributed by atoms with Crippen LogP contribution in [0.5, 0.6) is 0 Å². The van der Waals surface area contributed by atoms with Crippen LogP contribution in [0, 0.1) is 13.8 Å². The van der Waals surface area contributed by atoms with Crippen molar-refractivity contribution in [3.05, 3.63) is 22.9 Å². The molecule has 1 aliphatic carbocycles. The predicted octanol–water partition coefficient (Wildman–Crippen LogP) is 4.32. The van der Waals surface area contributed by atoms with E-state index in [0.29, 0.717) is 5.69 Å². The van der Waals surface area contributed by atoms with Gasteiger partial charge in [0.05, 0.1) is 0 Å². The van der Waals surface area contributed by atoms with Crippen LogP contribution in [0.2, 0.25) is 0 Å². The highest BCUT2D eigenvalue weighted by Gasteiger charge is 2.43. The second-order valence-electron chi connectivity index (χ2n) is 9.21. The number of nitrogens with zero attached hydrogens (tertiary/aromatic N) is 2. The smallest absolute Gasteiger partial charge is 0.425 e. The summed E-state index contributed by atoms with van der Waals surface area (Å²) in [7, 11) is 0. The zero-order valence-electron chi connectivity index (χ0n) is 17.6. The molecule has 27 heavy (non-hydrogen) atoms. The Morgan fingerprint density at radius 1 is 1.04 bits per heavy atom. The molecule has 0 spiro atoms. The SMILES string of the molecule is Cc1cc(N(C(=O)OC(C)(C)C)C(=O)OC(C)(C)C)nc(C)c1C1(N)CC1. The van der Waals surface area contributed by atoms with Gasteiger partial charge in [0.2, 0.25) is 0 Å². The van der Waals surface area contributed by atoms with Crippen molar-refractivity contribution in [3.8, 4) is 0 Å². The lowest BCUT2D eigenvalue weighted by atomic mass is 9.98. The van der Waals surface area contributed by atoms with Gasteiger partial charge in [-0.1, -0.05) is 0 Å². The maximum absolute atomic E-state index is 12.7. The Morgan fingerprint density at radius 3 is 1.81 bits per heavy atom. The van der Waals surface area contributed by atoms with Crippen molar-refractivity contribution < 1.29 is 19.1 Å². The number of carbonyl (C=O) groups is 2. The molecule has 2 amide bonds. The summed E-state index contributed by atoms with van der Waals surface area (Å²) < 4.78 is 10.8. The summed E-state index contributed by atoms with van der Waals surface area (Å²) in [4.78, 5) is 30.8. The average Bonchev–Trinajstić information content (AvgIpc) is 3.11. The maximum atomic E-state index is 12.7. The minimum Gasteiger partial charge on any atom is -0.443 e. The number of carbonyl (C=O) groups excluding carboxylic acids is 2. The summed E-state index contributed by atoms with van der Waals surface area (Å²) in [6.07, 6.45) is 0.143. The van der Waals surface area contributed by atoms with Crippen molar-refractivity contribution in [1.29, 1.82) is 0 Å². The number of aryl methyl sites for hydroxylation is 2. The van der Waals surface area contributed by atoms with Crippen molar-refractivity contribution in [3.63, 3.8) is 0 Å². The summed E-state index contributed by atoms with van der Waals surface area (Å²) in [6.45, 7) is 14.1. The number of hydrogen-bond donors (Lipinski definition) is 1. The molecule has 0 aliphatic heterocycles. The molecule has 1 aromatic heterocycles. The average molecular weight is 377 g/mol. The van der Waals surface area contributed by atoms with E-state index in [2.05, 4.69) is 4.98 Å². The number of rotatable bonds is 2. The van der Waals surface area contributed by atoms with Crippen LogP contribution in [-0.2, 0) is 15.0 Å². The fraction of sp³-hybridized carbons (Fsp3) is 0.650. The van der Waals surface area contributed by atoms with E-state index in [1.165, 1.54) is 0 Å². The van der Waals surface area contributed by atoms with Crippen LogP contribution in [0.15, 0.2) is 6.07 Å². The second-order valence-corrected chi connectivity index (χ2v) is 9.21. The fourth-order valence-corrected chi connectivity index (χ4v) is 2.94. The van der Waals surface area contributed by atoms with Crippen LogP contribution >= 0.6 is 0 Å². The first-order valence-electron chi connectivity index (χ1n) is 9.17. The topological polar surface area (TPSA) is 94.8 Å². The number of amides is 2. The molecule has 1 aliphatic rings. The van der Waals surface area contributed by atoms with Gasteiger partial charge in [-0.05, 0) is 85.4 Å². The molecular weight excluding hydrogens is 346 g/mol. The summed E-state index contributed by atoms with van der Waals surface area (Å²) in [6, 6.07) is 1.68. The van der Waals surface area contributed by atoms with Crippen LogP contribution in [0.3, 0.4) is 0 Å². The van der Waals surface area contributed by atoms with Crippen molar-refractivity contribution >= 4 is 18.0 Å². The predicted molar refractivity (Wildman–Crippen MR) is 104 cm³/mol. The van der Waals surface area contributed by atoms with Crippen molar-refractivity contribution in [2.75, 3.05) is 4.90 Å². The molecule has 1 saturated carbocycles. The number of anilines is 1. The quantitative estimate of drug-likeness (QED) is 0.824. The standard InChI is InChI=1S/C20H31N3O4/c1-12-11-14(22-13(2)15(12)20(21)9-10-20)23(16(24)26-18(3,4)5)17(25)27-19(6,7)8/h11H,9-10,21H2,1-8H3. The minimum absolute atomic E-state index is 0.168. The first kappa shape index (κ1) is 21.2. The molecule has 0 bridgehead atoms. The van der Waals surface area contributed by atoms with E-state index in [0.717, 1.165) is 28.9 Å². The number of hydrogen-bond acceptors (Lipinski definition) is 6. The zero-order valence-corrected chi connectivity index (χ0v) is 17.6. The normalized spacial score (nSPS) is 15.9. The van der Waals surface area contributed by atoms with Crippen LogP contribution in [0.1, 0.15) is 71.2 Å². The summed E-state index contributed by atoms with van der Waals surface area (Å²) in [5, 5.41) is 0. The molecule has 1 aromatic rings. The molecule has 0 aromatic carbocycles. The fourth-order valence-electron chi connectivity index (χ4n) is 2.94. The minimum atomic E-state index is -0.829. The number of aromatic nitrogens is 1. The molecular formula is C20H31N3O4. The molecule has 7 heteroatoms. The Hall–Kier alpha value is -2.15. The third kappa shape index (κ3) is 5.19. The van der Waals surface area contributed by atoms with E-state index in [-0.39, 0.29) is 11.4 Å². The van der Waals surface area contributed by atoms with Crippen LogP contribution in [0.4, 0.5) is 15.4 Å². The highest BCUT2D eigenvalue weighted by Crippen LogP contribution is 2.45. The Morgan fingerprint density at radius 2 is 1.48 bits per heavy atom. The third-order valence-corrected chi connectivity index (χ3v) is 4.05. The lowest BCUT2D eigenvalue weighted by molar-refractivity contribution is 0.0429. The van der Waals surface area contributed by atoms with Crippen LogP contribution in [0.25, 0.3) is 0 Å². The number of pyridine rings is 1. The van der Waals surface area contributed by atoms with E-state index in [1.54, 1.807) is 47.6 Å². The zero-order chi connectivity index (χ0) is 20.8. The molecule has 2 rings (SSSR count). The van der Waals surface area contributed by atoms with Crippen LogP contribution < -0.4 is 10.6 Å². The Balaban J connectivity index is 2.47. The first-order chi connectivity index (χ1) is 12.1. The highest BCUT2D eigenvalue weighted by atomic mass is 16.6. The van der Waals surface area contributed by atoms with Gasteiger partial charge in [0.25, 0.3) is 0 Å². The largest absolute Gasteiger partial charge is 0.443 e. The molecule has 7 nitrogen and oxygen atoms in total. The van der Waals surface area contributed by atoms with Crippen molar-refractivity contribution in [2.24, 2.45) is 5.73 Å². The summed E-state index contributed by atoms with van der Waals surface area (Å²) in [5.74, 6) is 0.168. The number of nitrogens with two attached hydrogens (primary N) is 1. The molecule has 1 fully saturated rings. The monoisotopic (exact) mass is 377 g/mol. The van der Waals surface area contributed by atoms with Crippen LogP contribution in [-0.4, -0.2) is 28.4 Å². The molecule has 2 N–H and O–H groups in total. The Kier molecular flexibility index (Phi) is 5.31. The van der Waals surface area contributed by atoms with E-state index >= 15 is 0 Å². The van der Waals surface area contributed by atoms with Gasteiger partial charge >= 0.3 is 12.2 Å².